The van der Waals surface area contributed by atoms with E-state index >= 15 is 0 Å². The number of furan rings is 1. The number of allylic oxidation sites excluding steroid dienone is 5. The second kappa shape index (κ2) is 15.1. The van der Waals surface area contributed by atoms with Crippen LogP contribution in [0.3, 0.4) is 0 Å². The van der Waals surface area contributed by atoms with Crippen LogP contribution < -0.4 is 0 Å². The van der Waals surface area contributed by atoms with Crippen molar-refractivity contribution in [1.29, 1.82) is 0 Å². The zero-order valence-electron chi connectivity index (χ0n) is 35.1. The van der Waals surface area contributed by atoms with Gasteiger partial charge in [-0.05, 0) is 108 Å². The third-order valence-corrected chi connectivity index (χ3v) is 12.4. The summed E-state index contributed by atoms with van der Waals surface area (Å²) >= 11 is 0. The second-order valence-electron chi connectivity index (χ2n) is 16.2. The lowest BCUT2D eigenvalue weighted by Gasteiger charge is -2.10. The molecule has 0 amide bonds. The van der Waals surface area contributed by atoms with Gasteiger partial charge >= 0.3 is 0 Å². The quantitative estimate of drug-likeness (QED) is 0.143. The minimum atomic E-state index is 0.663. The number of hydrogen-bond acceptors (Lipinski definition) is 3. The Morgan fingerprint density at radius 1 is 0.500 bits per heavy atom. The zero-order chi connectivity index (χ0) is 42.7. The molecule has 4 heterocycles. The molecule has 12 rings (SSSR count). The third-order valence-electron chi connectivity index (χ3n) is 12.4. The highest BCUT2D eigenvalue weighted by Crippen LogP contribution is 2.41. The van der Waals surface area contributed by atoms with E-state index in [1.165, 1.54) is 32.8 Å². The van der Waals surface area contributed by atoms with Crippen LogP contribution in [0.2, 0.25) is 0 Å². The number of aromatic nitrogens is 4. The molecule has 0 N–H and O–H groups in total. The van der Waals surface area contributed by atoms with Crippen LogP contribution in [0.4, 0.5) is 0 Å². The fourth-order valence-electron chi connectivity index (χ4n) is 9.50. The molecule has 0 radical (unpaired) electrons. The molecule has 0 fully saturated rings. The molecule has 0 aliphatic carbocycles. The standard InChI is InChI=1S/C59H40N4O/c1-3-16-44(17-4-2)62-53-31-27-41(40-26-30-52-47(34-40)46-24-14-15-25-51(46)63(52)45-22-12-7-13-23-45)35-48(53)49-36-42(28-32-54(49)62)43-29-33-55-50(37-43)57-58(64-55)56(38-18-8-5-9-19-38)60-59(61-57)39-20-10-6-11-21-39/h3-37H,1H2,2H3/b17-4-,44-16+. The van der Waals surface area contributed by atoms with Crippen LogP contribution in [0, 0.1) is 0 Å². The normalized spacial score (nSPS) is 12.2. The van der Waals surface area contributed by atoms with Gasteiger partial charge in [0.25, 0.3) is 0 Å². The first-order valence-electron chi connectivity index (χ1n) is 21.6. The van der Waals surface area contributed by atoms with Crippen molar-refractivity contribution in [1.82, 2.24) is 19.1 Å². The first kappa shape index (κ1) is 37.2. The molecule has 64 heavy (non-hydrogen) atoms. The molecule has 302 valence electrons. The van der Waals surface area contributed by atoms with Crippen molar-refractivity contribution in [3.63, 3.8) is 0 Å². The molecule has 0 aliphatic rings. The SMILES string of the molecule is C=C/C=C(\C=C/C)n1c2ccc(-c3ccc4oc5c(-c6ccccc6)nc(-c6ccccc6)nc5c4c3)cc2c2cc(-c3ccc4c(c3)c3ccccc3n4-c3ccccc3)ccc21. The molecule has 0 aliphatic heterocycles. The van der Waals surface area contributed by atoms with Gasteiger partial charge in [0.15, 0.2) is 11.4 Å². The van der Waals surface area contributed by atoms with E-state index in [2.05, 4.69) is 193 Å². The predicted molar refractivity (Wildman–Crippen MR) is 268 cm³/mol. The van der Waals surface area contributed by atoms with Gasteiger partial charge in [-0.2, -0.15) is 0 Å². The Kier molecular flexibility index (Phi) is 8.80. The number of rotatable bonds is 8. The summed E-state index contributed by atoms with van der Waals surface area (Å²) in [5.41, 5.74) is 16.3. The lowest BCUT2D eigenvalue weighted by Crippen LogP contribution is -1.94. The topological polar surface area (TPSA) is 48.8 Å². The Morgan fingerprint density at radius 2 is 1.03 bits per heavy atom. The molecule has 0 atom stereocenters. The highest BCUT2D eigenvalue weighted by atomic mass is 16.3. The van der Waals surface area contributed by atoms with Gasteiger partial charge in [-0.15, -0.1) is 0 Å². The molecule has 5 heteroatoms. The molecule has 0 saturated heterocycles. The maximum absolute atomic E-state index is 6.60. The Hall–Kier alpha value is -8.54. The van der Waals surface area contributed by atoms with E-state index in [4.69, 9.17) is 14.4 Å². The van der Waals surface area contributed by atoms with Crippen LogP contribution in [-0.4, -0.2) is 19.1 Å². The molecule has 4 aromatic heterocycles. The van der Waals surface area contributed by atoms with Gasteiger partial charge in [-0.25, -0.2) is 9.97 Å². The summed E-state index contributed by atoms with van der Waals surface area (Å²) in [6.45, 7) is 6.13. The molecule has 0 spiro atoms. The molecule has 0 bridgehead atoms. The molecular weight excluding hydrogens is 781 g/mol. The number of para-hydroxylation sites is 2. The van der Waals surface area contributed by atoms with Crippen molar-refractivity contribution in [2.75, 3.05) is 0 Å². The number of hydrogen-bond donors (Lipinski definition) is 0. The van der Waals surface area contributed by atoms with Crippen molar-refractivity contribution in [3.8, 4) is 50.6 Å². The van der Waals surface area contributed by atoms with Crippen LogP contribution in [0.5, 0.6) is 0 Å². The molecular formula is C59H40N4O. The van der Waals surface area contributed by atoms with Crippen molar-refractivity contribution in [2.45, 2.75) is 6.92 Å². The van der Waals surface area contributed by atoms with Crippen LogP contribution in [0.25, 0.3) is 122 Å². The lowest BCUT2D eigenvalue weighted by atomic mass is 9.98. The zero-order valence-corrected chi connectivity index (χ0v) is 35.1. The monoisotopic (exact) mass is 820 g/mol. The summed E-state index contributed by atoms with van der Waals surface area (Å²) in [5.74, 6) is 0.663. The van der Waals surface area contributed by atoms with E-state index < -0.39 is 0 Å². The summed E-state index contributed by atoms with van der Waals surface area (Å²) in [7, 11) is 0. The van der Waals surface area contributed by atoms with Gasteiger partial charge in [0.1, 0.15) is 16.8 Å². The van der Waals surface area contributed by atoms with Gasteiger partial charge in [0.05, 0.1) is 22.1 Å². The average molecular weight is 821 g/mol. The Labute approximate surface area is 369 Å². The van der Waals surface area contributed by atoms with E-state index in [1.807, 2.05) is 42.5 Å². The Bertz CT molecular complexity index is 3850. The van der Waals surface area contributed by atoms with Crippen molar-refractivity contribution >= 4 is 71.4 Å². The number of fused-ring (bicyclic) bond motifs is 9. The third kappa shape index (κ3) is 6.01. The predicted octanol–water partition coefficient (Wildman–Crippen LogP) is 15.9. The summed E-state index contributed by atoms with van der Waals surface area (Å²) < 4.78 is 11.3. The van der Waals surface area contributed by atoms with Crippen molar-refractivity contribution < 1.29 is 4.42 Å². The van der Waals surface area contributed by atoms with Crippen LogP contribution >= 0.6 is 0 Å². The van der Waals surface area contributed by atoms with E-state index in [1.54, 1.807) is 0 Å². The minimum absolute atomic E-state index is 0.663. The number of nitrogens with zero attached hydrogens (tertiary/aromatic N) is 4. The summed E-state index contributed by atoms with van der Waals surface area (Å²) in [6, 6.07) is 66.7. The summed E-state index contributed by atoms with van der Waals surface area (Å²) in [5, 5.41) is 5.74. The molecule has 8 aromatic carbocycles. The van der Waals surface area contributed by atoms with Crippen molar-refractivity contribution in [2.24, 2.45) is 0 Å². The van der Waals surface area contributed by atoms with Gasteiger partial charge < -0.3 is 13.6 Å². The fourth-order valence-corrected chi connectivity index (χ4v) is 9.50. The molecule has 0 saturated carbocycles. The summed E-state index contributed by atoms with van der Waals surface area (Å²) in [4.78, 5) is 10.2. The van der Waals surface area contributed by atoms with Gasteiger partial charge in [0.2, 0.25) is 0 Å². The van der Waals surface area contributed by atoms with E-state index in [-0.39, 0.29) is 0 Å². The first-order chi connectivity index (χ1) is 31.6. The van der Waals surface area contributed by atoms with Crippen molar-refractivity contribution in [3.05, 3.63) is 219 Å². The minimum Gasteiger partial charge on any atom is -0.452 e. The highest BCUT2D eigenvalue weighted by molar-refractivity contribution is 6.15. The smallest absolute Gasteiger partial charge is 0.180 e. The molecule has 5 nitrogen and oxygen atoms in total. The first-order valence-corrected chi connectivity index (χ1v) is 21.6. The fraction of sp³-hybridized carbons (Fsp3) is 0.0169. The van der Waals surface area contributed by atoms with E-state index in [0.29, 0.717) is 11.4 Å². The maximum Gasteiger partial charge on any atom is 0.180 e. The summed E-state index contributed by atoms with van der Waals surface area (Å²) in [6.07, 6.45) is 8.16. The molecule has 12 aromatic rings. The highest BCUT2D eigenvalue weighted by Gasteiger charge is 2.21. The number of benzene rings is 8. The van der Waals surface area contributed by atoms with Crippen LogP contribution in [-0.2, 0) is 0 Å². The molecule has 0 unspecified atom stereocenters. The van der Waals surface area contributed by atoms with E-state index in [0.717, 1.165) is 77.8 Å². The van der Waals surface area contributed by atoms with E-state index in [9.17, 15) is 0 Å². The van der Waals surface area contributed by atoms with Crippen LogP contribution in [0.1, 0.15) is 6.92 Å². The van der Waals surface area contributed by atoms with Gasteiger partial charge in [0, 0.05) is 49.4 Å². The lowest BCUT2D eigenvalue weighted by molar-refractivity contribution is 0.667. The van der Waals surface area contributed by atoms with Gasteiger partial charge in [-0.3, -0.25) is 0 Å². The van der Waals surface area contributed by atoms with Crippen LogP contribution in [0.15, 0.2) is 223 Å². The average Bonchev–Trinajstić information content (AvgIpc) is 4.01. The Balaban J connectivity index is 1.05. The largest absolute Gasteiger partial charge is 0.452 e. The Morgan fingerprint density at radius 3 is 1.67 bits per heavy atom. The second-order valence-corrected chi connectivity index (χ2v) is 16.2. The van der Waals surface area contributed by atoms with Gasteiger partial charge in [-0.1, -0.05) is 140 Å². The maximum atomic E-state index is 6.60.